The molecule has 0 saturated carbocycles. The minimum atomic E-state index is -0.0109. The van der Waals surface area contributed by atoms with Gasteiger partial charge in [0.1, 0.15) is 0 Å². The van der Waals surface area contributed by atoms with E-state index in [4.69, 9.17) is 14.9 Å². The summed E-state index contributed by atoms with van der Waals surface area (Å²) in [6.07, 6.45) is 15.5. The molecule has 156 valence electrons. The van der Waals surface area contributed by atoms with Gasteiger partial charge in [-0.15, -0.1) is 0 Å². The third kappa shape index (κ3) is 14.5. The lowest BCUT2D eigenvalue weighted by Gasteiger charge is -2.22. The van der Waals surface area contributed by atoms with Crippen LogP contribution < -0.4 is 0 Å². The second-order valence-corrected chi connectivity index (χ2v) is 7.60. The summed E-state index contributed by atoms with van der Waals surface area (Å²) in [7, 11) is 0. The quantitative estimate of drug-likeness (QED) is 0.240. The number of hydrogen-bond donors (Lipinski definition) is 2. The van der Waals surface area contributed by atoms with E-state index in [9.17, 15) is 4.79 Å². The lowest BCUT2D eigenvalue weighted by molar-refractivity contribution is -0.150. The Kier molecular flexibility index (Phi) is 18.7. The van der Waals surface area contributed by atoms with Crippen LogP contribution in [0.3, 0.4) is 0 Å². The van der Waals surface area contributed by atoms with Crippen LogP contribution in [-0.2, 0) is 9.53 Å². The van der Waals surface area contributed by atoms with Gasteiger partial charge in [-0.3, -0.25) is 4.79 Å². The summed E-state index contributed by atoms with van der Waals surface area (Å²) in [6.45, 7) is 5.15. The lowest BCUT2D eigenvalue weighted by Crippen LogP contribution is -2.24. The predicted molar refractivity (Wildman–Crippen MR) is 108 cm³/mol. The van der Waals surface area contributed by atoms with Crippen molar-refractivity contribution in [1.29, 1.82) is 0 Å². The van der Waals surface area contributed by atoms with Gasteiger partial charge in [-0.1, -0.05) is 71.1 Å². The first-order chi connectivity index (χ1) is 12.7. The zero-order valence-electron chi connectivity index (χ0n) is 17.4. The number of aliphatic hydroxyl groups excluding tert-OH is 2. The maximum absolute atomic E-state index is 12.3. The minimum Gasteiger partial charge on any atom is -0.466 e. The van der Waals surface area contributed by atoms with Crippen molar-refractivity contribution in [3.05, 3.63) is 0 Å². The van der Waals surface area contributed by atoms with Crippen molar-refractivity contribution in [2.75, 3.05) is 19.8 Å². The largest absolute Gasteiger partial charge is 0.466 e. The van der Waals surface area contributed by atoms with Crippen molar-refractivity contribution < 1.29 is 19.7 Å². The van der Waals surface area contributed by atoms with E-state index in [0.29, 0.717) is 25.7 Å². The molecule has 2 atom stereocenters. The molecule has 0 aliphatic rings. The Morgan fingerprint density at radius 3 is 1.62 bits per heavy atom. The van der Waals surface area contributed by atoms with E-state index in [1.54, 1.807) is 0 Å². The third-order valence-electron chi connectivity index (χ3n) is 5.27. The van der Waals surface area contributed by atoms with Gasteiger partial charge in [0.25, 0.3) is 0 Å². The van der Waals surface area contributed by atoms with Gasteiger partial charge in [-0.25, -0.2) is 0 Å². The van der Waals surface area contributed by atoms with Crippen LogP contribution in [0.25, 0.3) is 0 Å². The molecule has 0 fully saturated rings. The van der Waals surface area contributed by atoms with Gasteiger partial charge in [0, 0.05) is 13.2 Å². The third-order valence-corrected chi connectivity index (χ3v) is 5.27. The fourth-order valence-electron chi connectivity index (χ4n) is 3.55. The van der Waals surface area contributed by atoms with E-state index >= 15 is 0 Å². The van der Waals surface area contributed by atoms with E-state index in [1.165, 1.54) is 44.9 Å². The number of carbonyl (C=O) groups excluding carboxylic acids is 1. The summed E-state index contributed by atoms with van der Waals surface area (Å²) in [6, 6.07) is 0. The normalized spacial score (nSPS) is 13.5. The smallest absolute Gasteiger partial charge is 0.309 e. The molecule has 0 heterocycles. The summed E-state index contributed by atoms with van der Waals surface area (Å²) >= 11 is 0. The fourth-order valence-corrected chi connectivity index (χ4v) is 3.55. The number of aliphatic hydroxyl groups is 2. The van der Waals surface area contributed by atoms with Gasteiger partial charge in [0.2, 0.25) is 0 Å². The minimum absolute atomic E-state index is 0.0109. The van der Waals surface area contributed by atoms with E-state index in [-0.39, 0.29) is 11.9 Å². The lowest BCUT2D eigenvalue weighted by atomic mass is 9.85. The monoisotopic (exact) mass is 372 g/mol. The molecule has 2 N–H and O–H groups in total. The average molecular weight is 373 g/mol. The first-order valence-electron chi connectivity index (χ1n) is 11.1. The van der Waals surface area contributed by atoms with Gasteiger partial charge in [0.05, 0.1) is 12.5 Å². The number of unbranched alkanes of at least 4 members (excludes halogenated alkanes) is 10. The topological polar surface area (TPSA) is 66.8 Å². The van der Waals surface area contributed by atoms with Gasteiger partial charge in [-0.2, -0.15) is 0 Å². The Labute approximate surface area is 161 Å². The Bertz CT molecular complexity index is 307. The summed E-state index contributed by atoms with van der Waals surface area (Å²) < 4.78 is 5.32. The zero-order valence-corrected chi connectivity index (χ0v) is 17.4. The molecule has 0 aromatic carbocycles. The van der Waals surface area contributed by atoms with Gasteiger partial charge in [0.15, 0.2) is 0 Å². The maximum Gasteiger partial charge on any atom is 0.309 e. The van der Waals surface area contributed by atoms with Crippen LogP contribution in [0.4, 0.5) is 0 Å². The number of esters is 1. The molecule has 0 rings (SSSR count). The molecule has 4 heteroatoms. The van der Waals surface area contributed by atoms with Crippen LogP contribution in [0, 0.1) is 11.8 Å². The number of carbonyl (C=O) groups is 1. The number of hydrogen-bond acceptors (Lipinski definition) is 4. The highest BCUT2D eigenvalue weighted by molar-refractivity contribution is 5.72. The van der Waals surface area contributed by atoms with Crippen molar-refractivity contribution in [3.8, 4) is 0 Å². The molecule has 0 radical (unpaired) electrons. The summed E-state index contributed by atoms with van der Waals surface area (Å²) in [5, 5.41) is 17.6. The Morgan fingerprint density at radius 2 is 1.15 bits per heavy atom. The van der Waals surface area contributed by atoms with E-state index in [2.05, 4.69) is 6.92 Å². The molecule has 0 amide bonds. The van der Waals surface area contributed by atoms with Crippen molar-refractivity contribution in [2.24, 2.45) is 11.8 Å². The number of rotatable bonds is 19. The molecule has 26 heavy (non-hydrogen) atoms. The summed E-state index contributed by atoms with van der Waals surface area (Å²) in [5.41, 5.74) is 0. The zero-order chi connectivity index (χ0) is 19.5. The van der Waals surface area contributed by atoms with E-state index in [1.807, 2.05) is 6.92 Å². The molecule has 0 spiro atoms. The second-order valence-electron chi connectivity index (χ2n) is 7.60. The summed E-state index contributed by atoms with van der Waals surface area (Å²) in [4.78, 5) is 12.3. The van der Waals surface area contributed by atoms with Crippen LogP contribution in [0.2, 0.25) is 0 Å². The van der Waals surface area contributed by atoms with Crippen LogP contribution in [0.5, 0.6) is 0 Å². The van der Waals surface area contributed by atoms with Gasteiger partial charge in [-0.05, 0) is 38.5 Å². The highest BCUT2D eigenvalue weighted by Crippen LogP contribution is 2.26. The Balaban J connectivity index is 4.01. The van der Waals surface area contributed by atoms with Crippen LogP contribution in [-0.4, -0.2) is 36.0 Å². The molecule has 0 aliphatic heterocycles. The standard InChI is InChI=1S/C22H44O4/c1-3-26-22(25)21(17-13-9-5-7-11-15-19-24)20(2)16-12-8-4-6-10-14-18-23/h20-21,23-24H,3-19H2,1-2H3. The SMILES string of the molecule is CCOC(=O)C(CCCCCCCCO)C(C)CCCCCCCCO. The molecule has 0 aliphatic carbocycles. The van der Waals surface area contributed by atoms with Crippen LogP contribution >= 0.6 is 0 Å². The summed E-state index contributed by atoms with van der Waals surface area (Å²) in [5.74, 6) is 0.422. The van der Waals surface area contributed by atoms with Crippen molar-refractivity contribution in [3.63, 3.8) is 0 Å². The first kappa shape index (κ1) is 25.4. The average Bonchev–Trinajstić information content (AvgIpc) is 2.63. The van der Waals surface area contributed by atoms with Crippen LogP contribution in [0.15, 0.2) is 0 Å². The van der Waals surface area contributed by atoms with Crippen molar-refractivity contribution in [2.45, 2.75) is 104 Å². The Morgan fingerprint density at radius 1 is 0.731 bits per heavy atom. The highest BCUT2D eigenvalue weighted by Gasteiger charge is 2.25. The molecule has 0 aromatic heterocycles. The molecule has 0 saturated heterocycles. The van der Waals surface area contributed by atoms with Crippen LogP contribution in [0.1, 0.15) is 104 Å². The van der Waals surface area contributed by atoms with E-state index < -0.39 is 0 Å². The molecule has 4 nitrogen and oxygen atoms in total. The Hall–Kier alpha value is -0.610. The van der Waals surface area contributed by atoms with Gasteiger partial charge >= 0.3 is 5.97 Å². The van der Waals surface area contributed by atoms with Crippen molar-refractivity contribution >= 4 is 5.97 Å². The molecule has 0 bridgehead atoms. The highest BCUT2D eigenvalue weighted by atomic mass is 16.5. The molecule has 0 aromatic rings. The maximum atomic E-state index is 12.3. The fraction of sp³-hybridized carbons (Fsp3) is 0.955. The predicted octanol–water partition coefficient (Wildman–Crippen LogP) is 5.25. The van der Waals surface area contributed by atoms with E-state index in [0.717, 1.165) is 44.9 Å². The molecular weight excluding hydrogens is 328 g/mol. The van der Waals surface area contributed by atoms with Gasteiger partial charge < -0.3 is 14.9 Å². The number of ether oxygens (including phenoxy) is 1. The second kappa shape index (κ2) is 19.2. The molecular formula is C22H44O4. The first-order valence-corrected chi connectivity index (χ1v) is 11.1. The molecule has 2 unspecified atom stereocenters. The van der Waals surface area contributed by atoms with Crippen molar-refractivity contribution in [1.82, 2.24) is 0 Å².